The number of aromatic nitrogens is 1. The van der Waals surface area contributed by atoms with Gasteiger partial charge in [-0.25, -0.2) is 15.8 Å². The Morgan fingerprint density at radius 2 is 1.06 bits per heavy atom. The number of nitrogens with zero attached hydrogens (tertiary/aromatic N) is 5. The second-order valence-corrected chi connectivity index (χ2v) is 4.59. The molecular weight excluding hydrogens is 494 g/mol. The molecule has 0 atom stereocenters. The summed E-state index contributed by atoms with van der Waals surface area (Å²) in [6, 6.07) is 5.35. The number of carbonyl (C=O) groups is 2. The molecule has 187 valence electrons. The Bertz CT molecular complexity index is 707. The van der Waals surface area contributed by atoms with E-state index in [0.717, 1.165) is 0 Å². The average Bonchev–Trinajstić information content (AvgIpc) is 2.56. The van der Waals surface area contributed by atoms with Crippen molar-refractivity contribution in [1.29, 1.82) is 0 Å². The molecule has 0 unspecified atom stereocenters. The van der Waals surface area contributed by atoms with Crippen LogP contribution in [0.3, 0.4) is 0 Å². The minimum Gasteiger partial charge on any atom is -0.457 e. The van der Waals surface area contributed by atoms with E-state index in [4.69, 9.17) is 30.6 Å². The number of hydrogen-bond donors (Lipinski definition) is 2. The van der Waals surface area contributed by atoms with E-state index in [9.17, 15) is 9.59 Å². The molecule has 0 aliphatic heterocycles. The first kappa shape index (κ1) is 42.4. The molecule has 0 aliphatic carbocycles. The average molecular weight is 519 g/mol. The summed E-state index contributed by atoms with van der Waals surface area (Å²) in [4.78, 5) is 42.5. The van der Waals surface area contributed by atoms with Gasteiger partial charge in [0, 0.05) is 13.8 Å². The number of carbonyl (C=O) groups excluding carboxylic acids is 2. The minimum absolute atomic E-state index is 0. The number of pyridine rings is 1. The van der Waals surface area contributed by atoms with Gasteiger partial charge in [0.1, 0.15) is 0 Å². The van der Waals surface area contributed by atoms with Gasteiger partial charge in [0.25, 0.3) is 0 Å². The predicted molar refractivity (Wildman–Crippen MR) is 110 cm³/mol. The van der Waals surface area contributed by atoms with Crippen molar-refractivity contribution >= 4 is 23.2 Å². The smallest absolute Gasteiger partial charge is 0.457 e. The van der Waals surface area contributed by atoms with Crippen molar-refractivity contribution in [3.05, 3.63) is 60.2 Å². The third-order valence-corrected chi connectivity index (χ3v) is 2.25. The van der Waals surface area contributed by atoms with Gasteiger partial charge in [0.2, 0.25) is 11.8 Å². The molecule has 2 amide bonds. The first-order valence-electron chi connectivity index (χ1n) is 7.09. The molecule has 0 saturated carbocycles. The summed E-state index contributed by atoms with van der Waals surface area (Å²) in [6.07, 6.45) is 0. The van der Waals surface area contributed by atoms with Gasteiger partial charge >= 0.3 is 17.1 Å². The van der Waals surface area contributed by atoms with E-state index in [1.54, 1.807) is 32.0 Å². The summed E-state index contributed by atoms with van der Waals surface area (Å²) >= 11 is 0. The van der Waals surface area contributed by atoms with Gasteiger partial charge in [0.05, 0.1) is 33.0 Å². The molecule has 0 aromatic carbocycles. The van der Waals surface area contributed by atoms with Gasteiger partial charge in [-0.05, 0) is 26.0 Å². The van der Waals surface area contributed by atoms with Crippen LogP contribution in [-0.4, -0.2) is 43.9 Å². The van der Waals surface area contributed by atoms with Crippen molar-refractivity contribution in [2.45, 2.75) is 27.7 Å². The second-order valence-electron chi connectivity index (χ2n) is 4.59. The van der Waals surface area contributed by atoms with E-state index in [1.807, 2.05) is 0 Å². The van der Waals surface area contributed by atoms with Crippen molar-refractivity contribution in [2.24, 2.45) is 10.2 Å². The summed E-state index contributed by atoms with van der Waals surface area (Å²) in [7, 11) is 0. The first-order valence-corrected chi connectivity index (χ1v) is 7.09. The molecule has 1 radical (unpaired) electrons. The summed E-state index contributed by atoms with van der Waals surface area (Å²) in [5.41, 5.74) is 7.10. The normalized spacial score (nSPS) is 9.00. The first-order chi connectivity index (χ1) is 12.9. The molecule has 10 N–H and O–H groups in total. The van der Waals surface area contributed by atoms with Crippen molar-refractivity contribution in [3.8, 4) is 0 Å². The van der Waals surface area contributed by atoms with E-state index in [2.05, 4.69) is 26.0 Å². The number of hydrogen-bond acceptors (Lipinski definition) is 11. The zero-order valence-corrected chi connectivity index (χ0v) is 18.1. The fourth-order valence-electron chi connectivity index (χ4n) is 1.28. The van der Waals surface area contributed by atoms with Crippen LogP contribution in [0.2, 0.25) is 0 Å². The quantitative estimate of drug-likeness (QED) is 0.141. The fourth-order valence-corrected chi connectivity index (χ4v) is 1.28. The molecular formula is C13H25CuN7O11+2. The van der Waals surface area contributed by atoms with Crippen molar-refractivity contribution in [1.82, 2.24) is 15.8 Å². The zero-order valence-electron chi connectivity index (χ0n) is 17.2. The van der Waals surface area contributed by atoms with Crippen LogP contribution in [0.5, 0.6) is 0 Å². The molecule has 0 bridgehead atoms. The van der Waals surface area contributed by atoms with E-state index in [0.29, 0.717) is 22.8 Å². The standard InChI is InChI=1S/C13H17N5O2.Cu.2NO3.3H2O/c1-8(15-17-10(3)19)12-6-5-7-13(14-12)9(2)16-18-11(4)20;;2*2-1(3)4;;;/h5-7H,1-4H3,(H,17,19)(H,18,20);;;;3*1H2/q;+2;2*-1;;;/p+2/b15-8+,16-9+;;;;;;. The summed E-state index contributed by atoms with van der Waals surface area (Å²) in [5.74, 6) is -0.493. The molecule has 0 aliphatic rings. The molecule has 32 heavy (non-hydrogen) atoms. The summed E-state index contributed by atoms with van der Waals surface area (Å²) < 4.78 is 0. The van der Waals surface area contributed by atoms with Crippen LogP contribution < -0.4 is 10.9 Å². The van der Waals surface area contributed by atoms with E-state index < -0.39 is 10.2 Å². The molecule has 0 saturated heterocycles. The monoisotopic (exact) mass is 518 g/mol. The fraction of sp³-hybridized carbons (Fsp3) is 0.308. The van der Waals surface area contributed by atoms with Crippen LogP contribution >= 0.6 is 0 Å². The van der Waals surface area contributed by atoms with Gasteiger partial charge < -0.3 is 47.1 Å². The molecule has 0 spiro atoms. The Balaban J connectivity index is -0.000000122. The number of rotatable bonds is 4. The van der Waals surface area contributed by atoms with Crippen molar-refractivity contribution < 1.29 is 53.3 Å². The summed E-state index contributed by atoms with van der Waals surface area (Å²) in [6.45, 7) is 6.24. The Morgan fingerprint density at radius 3 is 1.28 bits per heavy atom. The molecule has 1 rings (SSSR count). The van der Waals surface area contributed by atoms with E-state index in [1.165, 1.54) is 13.8 Å². The van der Waals surface area contributed by atoms with Gasteiger partial charge in [-0.2, -0.15) is 10.2 Å². The van der Waals surface area contributed by atoms with Crippen LogP contribution in [0.4, 0.5) is 0 Å². The number of hydrazone groups is 2. The zero-order chi connectivity index (χ0) is 22.3. The summed E-state index contributed by atoms with van der Waals surface area (Å²) in [5, 5.41) is 37.3. The van der Waals surface area contributed by atoms with Gasteiger partial charge in [0.15, 0.2) is 0 Å². The van der Waals surface area contributed by atoms with Crippen LogP contribution in [0, 0.1) is 30.6 Å². The number of amides is 2. The molecule has 1 heterocycles. The SMILES string of the molecule is CC(=O)N/N=C(\C)c1cccc(/C(C)=N/NC(C)=O)n1.O.O=[N+]([O-])[O-].O=[N+]([O-])[O-].[Cu+2].[OH3+].[OH3+]. The third-order valence-electron chi connectivity index (χ3n) is 2.25. The maximum Gasteiger partial charge on any atom is 2.00 e. The topological polar surface area (TPSA) is 326 Å². The maximum absolute atomic E-state index is 10.8. The van der Waals surface area contributed by atoms with Crippen molar-refractivity contribution in [2.75, 3.05) is 0 Å². The largest absolute Gasteiger partial charge is 2.00 e. The maximum atomic E-state index is 10.8. The molecule has 0 fully saturated rings. The number of nitrogens with one attached hydrogen (secondary N) is 2. The molecule has 1 aromatic heterocycles. The Hall–Kier alpha value is -3.77. The van der Waals surface area contributed by atoms with Crippen LogP contribution in [-0.2, 0) is 37.6 Å². The van der Waals surface area contributed by atoms with Gasteiger partial charge in [-0.15, -0.1) is 0 Å². The van der Waals surface area contributed by atoms with E-state index in [-0.39, 0.29) is 45.3 Å². The van der Waals surface area contributed by atoms with Crippen molar-refractivity contribution in [3.63, 3.8) is 0 Å². The molecule has 18 nitrogen and oxygen atoms in total. The van der Waals surface area contributed by atoms with Gasteiger partial charge in [-0.1, -0.05) is 6.07 Å². The Labute approximate surface area is 191 Å². The Morgan fingerprint density at radius 1 is 0.812 bits per heavy atom. The Kier molecular flexibility index (Phi) is 31.1. The molecule has 1 aromatic rings. The predicted octanol–water partition coefficient (Wildman–Crippen LogP) is -2.35. The van der Waals surface area contributed by atoms with Crippen LogP contribution in [0.15, 0.2) is 28.4 Å². The van der Waals surface area contributed by atoms with E-state index >= 15 is 0 Å². The van der Waals surface area contributed by atoms with Crippen LogP contribution in [0.25, 0.3) is 0 Å². The molecule has 19 heteroatoms. The van der Waals surface area contributed by atoms with Gasteiger partial charge in [-0.3, -0.25) is 9.59 Å². The third kappa shape index (κ3) is 28.4. The second kappa shape index (κ2) is 23.5. The van der Waals surface area contributed by atoms with Crippen LogP contribution in [0.1, 0.15) is 39.1 Å². The minimum atomic E-state index is -1.75.